The molecule has 0 bridgehead atoms. The number of pyridine rings is 1. The summed E-state index contributed by atoms with van der Waals surface area (Å²) in [6, 6.07) is 1.53. The third-order valence-electron chi connectivity index (χ3n) is 2.24. The Kier molecular flexibility index (Phi) is 4.12. The molecule has 20 heavy (non-hydrogen) atoms. The highest BCUT2D eigenvalue weighted by Crippen LogP contribution is 2.05. The highest BCUT2D eigenvalue weighted by atomic mass is 16.4. The van der Waals surface area contributed by atoms with Gasteiger partial charge < -0.3 is 10.4 Å². The van der Waals surface area contributed by atoms with Gasteiger partial charge in [-0.25, -0.2) is 4.79 Å². The van der Waals surface area contributed by atoms with E-state index in [9.17, 15) is 9.59 Å². The Morgan fingerprint density at radius 3 is 2.95 bits per heavy atom. The second-order valence-corrected chi connectivity index (χ2v) is 3.69. The van der Waals surface area contributed by atoms with Gasteiger partial charge in [0.05, 0.1) is 12.1 Å². The number of carboxylic acid groups (broad SMARTS) is 1. The van der Waals surface area contributed by atoms with Gasteiger partial charge in [-0.2, -0.15) is 5.21 Å². The van der Waals surface area contributed by atoms with Gasteiger partial charge in [0, 0.05) is 18.5 Å². The molecule has 9 heteroatoms. The van der Waals surface area contributed by atoms with Crippen molar-refractivity contribution in [2.75, 3.05) is 0 Å². The van der Waals surface area contributed by atoms with E-state index >= 15 is 0 Å². The predicted octanol–water partition coefficient (Wildman–Crippen LogP) is -0.378. The van der Waals surface area contributed by atoms with Crippen molar-refractivity contribution in [3.63, 3.8) is 0 Å². The summed E-state index contributed by atoms with van der Waals surface area (Å²) in [5, 5.41) is 24.1. The molecule has 9 nitrogen and oxygen atoms in total. The van der Waals surface area contributed by atoms with Crippen LogP contribution in [0.15, 0.2) is 24.5 Å². The topological polar surface area (TPSA) is 134 Å². The van der Waals surface area contributed by atoms with Gasteiger partial charge >= 0.3 is 5.97 Å². The number of carbonyl (C=O) groups is 2. The normalized spacial score (nSPS) is 10.6. The molecule has 1 amide bonds. The molecule has 2 aromatic heterocycles. The first kappa shape index (κ1) is 13.3. The van der Waals surface area contributed by atoms with Crippen LogP contribution in [0.25, 0.3) is 6.08 Å². The van der Waals surface area contributed by atoms with Crippen LogP contribution in [0.3, 0.4) is 0 Å². The largest absolute Gasteiger partial charge is 0.478 e. The molecule has 2 heterocycles. The molecule has 0 fully saturated rings. The Morgan fingerprint density at radius 1 is 1.40 bits per heavy atom. The van der Waals surface area contributed by atoms with Gasteiger partial charge in [0.2, 0.25) is 0 Å². The fraction of sp³-hybridized carbons (Fsp3) is 0.0909. The lowest BCUT2D eigenvalue weighted by Crippen LogP contribution is -2.23. The summed E-state index contributed by atoms with van der Waals surface area (Å²) >= 11 is 0. The number of aromatic amines is 1. The van der Waals surface area contributed by atoms with Crippen molar-refractivity contribution in [3.8, 4) is 0 Å². The molecule has 102 valence electrons. The van der Waals surface area contributed by atoms with E-state index in [1.165, 1.54) is 24.5 Å². The summed E-state index contributed by atoms with van der Waals surface area (Å²) in [6.07, 6.45) is 5.16. The number of nitrogens with zero attached hydrogens (tertiary/aromatic N) is 4. The lowest BCUT2D eigenvalue weighted by Gasteiger charge is -2.02. The van der Waals surface area contributed by atoms with E-state index in [1.807, 2.05) is 0 Å². The van der Waals surface area contributed by atoms with E-state index in [0.717, 1.165) is 6.08 Å². The third kappa shape index (κ3) is 3.70. The average Bonchev–Trinajstić information content (AvgIpc) is 2.96. The van der Waals surface area contributed by atoms with E-state index in [2.05, 4.69) is 30.9 Å². The van der Waals surface area contributed by atoms with Gasteiger partial charge in [-0.05, 0) is 17.7 Å². The number of hydrogen-bond donors (Lipinski definition) is 3. The molecule has 0 aliphatic heterocycles. The summed E-state index contributed by atoms with van der Waals surface area (Å²) in [5.74, 6) is -1.09. The van der Waals surface area contributed by atoms with Crippen LogP contribution < -0.4 is 5.32 Å². The van der Waals surface area contributed by atoms with Gasteiger partial charge in [0.1, 0.15) is 0 Å². The van der Waals surface area contributed by atoms with Gasteiger partial charge in [-0.1, -0.05) is 5.21 Å². The second kappa shape index (κ2) is 6.18. The van der Waals surface area contributed by atoms with Crippen LogP contribution >= 0.6 is 0 Å². The van der Waals surface area contributed by atoms with E-state index in [1.54, 1.807) is 0 Å². The van der Waals surface area contributed by atoms with Gasteiger partial charge in [-0.3, -0.25) is 9.78 Å². The Hall–Kier alpha value is -3.10. The highest BCUT2D eigenvalue weighted by Gasteiger charge is 2.07. The molecular formula is C11H10N6O3. The molecule has 2 aromatic rings. The van der Waals surface area contributed by atoms with Crippen LogP contribution in [0.5, 0.6) is 0 Å². The number of carbonyl (C=O) groups excluding carboxylic acids is 1. The molecule has 0 saturated heterocycles. The number of tetrazole rings is 1. The number of carboxylic acids is 1. The molecule has 0 radical (unpaired) electrons. The average molecular weight is 274 g/mol. The van der Waals surface area contributed by atoms with Crippen molar-refractivity contribution in [3.05, 3.63) is 41.5 Å². The van der Waals surface area contributed by atoms with Crippen LogP contribution in [-0.2, 0) is 11.3 Å². The van der Waals surface area contributed by atoms with E-state index in [-0.39, 0.29) is 12.5 Å². The first-order valence-electron chi connectivity index (χ1n) is 5.52. The number of aromatic nitrogens is 5. The minimum absolute atomic E-state index is 0.129. The number of rotatable bonds is 5. The monoisotopic (exact) mass is 274 g/mol. The zero-order valence-electron chi connectivity index (χ0n) is 10.1. The predicted molar refractivity (Wildman–Crippen MR) is 66.3 cm³/mol. The zero-order chi connectivity index (χ0) is 14.4. The zero-order valence-corrected chi connectivity index (χ0v) is 10.1. The lowest BCUT2D eigenvalue weighted by atomic mass is 10.2. The fourth-order valence-electron chi connectivity index (χ4n) is 1.36. The molecule has 0 unspecified atom stereocenters. The molecule has 3 N–H and O–H groups in total. The molecular weight excluding hydrogens is 264 g/mol. The number of H-pyrrole nitrogens is 1. The molecule has 2 rings (SSSR count). The van der Waals surface area contributed by atoms with Gasteiger partial charge in [0.25, 0.3) is 5.91 Å². The standard InChI is InChI=1S/C11H10N6O3/c18-10(19)2-1-7-3-8(5-12-4-7)11(20)13-6-9-14-16-17-15-9/h1-5H,6H2,(H,13,20)(H,18,19)(H,14,15,16,17). The Balaban J connectivity index is 2.02. The minimum atomic E-state index is -1.07. The lowest BCUT2D eigenvalue weighted by molar-refractivity contribution is -0.131. The second-order valence-electron chi connectivity index (χ2n) is 3.69. The maximum Gasteiger partial charge on any atom is 0.328 e. The van der Waals surface area contributed by atoms with Gasteiger partial charge in [-0.15, -0.1) is 10.2 Å². The Morgan fingerprint density at radius 2 is 2.25 bits per heavy atom. The van der Waals surface area contributed by atoms with Crippen LogP contribution in [0, 0.1) is 0 Å². The first-order valence-corrected chi connectivity index (χ1v) is 5.52. The quantitative estimate of drug-likeness (QED) is 0.633. The number of amides is 1. The van der Waals surface area contributed by atoms with Gasteiger partial charge in [0.15, 0.2) is 5.82 Å². The minimum Gasteiger partial charge on any atom is -0.478 e. The SMILES string of the molecule is O=C(O)C=Cc1cncc(C(=O)NCc2nn[nH]n2)c1. The van der Waals surface area contributed by atoms with E-state index < -0.39 is 5.97 Å². The van der Waals surface area contributed by atoms with Crippen LogP contribution in [0.2, 0.25) is 0 Å². The van der Waals surface area contributed by atoms with Crippen LogP contribution in [-0.4, -0.2) is 42.6 Å². The summed E-state index contributed by atoms with van der Waals surface area (Å²) in [7, 11) is 0. The van der Waals surface area contributed by atoms with Crippen molar-refractivity contribution in [1.82, 2.24) is 30.9 Å². The van der Waals surface area contributed by atoms with E-state index in [0.29, 0.717) is 17.0 Å². The molecule has 0 aliphatic rings. The number of aliphatic carboxylic acids is 1. The summed E-state index contributed by atoms with van der Waals surface area (Å²) in [6.45, 7) is 0.129. The number of hydrogen-bond acceptors (Lipinski definition) is 6. The molecule has 0 saturated carbocycles. The number of nitrogens with one attached hydrogen (secondary N) is 2. The van der Waals surface area contributed by atoms with Crippen molar-refractivity contribution in [2.24, 2.45) is 0 Å². The molecule has 0 atom stereocenters. The third-order valence-corrected chi connectivity index (χ3v) is 2.24. The summed E-state index contributed by atoms with van der Waals surface area (Å²) in [4.78, 5) is 26.1. The van der Waals surface area contributed by atoms with Crippen molar-refractivity contribution in [1.29, 1.82) is 0 Å². The van der Waals surface area contributed by atoms with Crippen LogP contribution in [0.1, 0.15) is 21.7 Å². The van der Waals surface area contributed by atoms with Crippen molar-refractivity contribution in [2.45, 2.75) is 6.54 Å². The molecule has 0 aromatic carbocycles. The smallest absolute Gasteiger partial charge is 0.328 e. The highest BCUT2D eigenvalue weighted by molar-refractivity contribution is 5.94. The Bertz CT molecular complexity index is 637. The van der Waals surface area contributed by atoms with Crippen LogP contribution in [0.4, 0.5) is 0 Å². The first-order chi connectivity index (χ1) is 9.65. The molecule has 0 aliphatic carbocycles. The fourth-order valence-corrected chi connectivity index (χ4v) is 1.36. The van der Waals surface area contributed by atoms with E-state index in [4.69, 9.17) is 5.11 Å². The molecule has 0 spiro atoms. The van der Waals surface area contributed by atoms with Crippen molar-refractivity contribution < 1.29 is 14.7 Å². The maximum absolute atomic E-state index is 11.9. The Labute approximate surface area is 112 Å². The van der Waals surface area contributed by atoms with Crippen molar-refractivity contribution >= 4 is 18.0 Å². The summed E-state index contributed by atoms with van der Waals surface area (Å²) in [5.41, 5.74) is 0.820. The summed E-state index contributed by atoms with van der Waals surface area (Å²) < 4.78 is 0. The maximum atomic E-state index is 11.9.